The van der Waals surface area contributed by atoms with Crippen LogP contribution in [0.15, 0.2) is 59.5 Å². The van der Waals surface area contributed by atoms with E-state index in [2.05, 4.69) is 4.98 Å². The van der Waals surface area contributed by atoms with E-state index in [0.717, 1.165) is 22.3 Å². The minimum absolute atomic E-state index is 0.00731. The van der Waals surface area contributed by atoms with E-state index in [9.17, 15) is 17.6 Å². The Morgan fingerprint density at radius 3 is 2.58 bits per heavy atom. The maximum atomic E-state index is 13.5. The minimum atomic E-state index is -3.84. The number of benzene rings is 2. The first kappa shape index (κ1) is 19.8. The summed E-state index contributed by atoms with van der Waals surface area (Å²) in [4.78, 5) is 18.9. The Balaban J connectivity index is 1.40. The van der Waals surface area contributed by atoms with Crippen molar-refractivity contribution in [2.24, 2.45) is 11.1 Å². The van der Waals surface area contributed by atoms with Crippen LogP contribution in [0, 0.1) is 11.9 Å². The molecule has 1 unspecified atom stereocenters. The van der Waals surface area contributed by atoms with Crippen molar-refractivity contribution >= 4 is 21.6 Å². The van der Waals surface area contributed by atoms with Crippen molar-refractivity contribution in [1.29, 1.82) is 0 Å². The van der Waals surface area contributed by atoms with Crippen LogP contribution in [0.3, 0.4) is 0 Å². The van der Waals surface area contributed by atoms with E-state index in [0.29, 0.717) is 37.2 Å². The molecule has 2 N–H and O–H groups in total. The van der Waals surface area contributed by atoms with Gasteiger partial charge in [0.2, 0.25) is 21.9 Å². The molecule has 0 spiro atoms. The van der Waals surface area contributed by atoms with Crippen LogP contribution in [-0.2, 0) is 34.1 Å². The molecule has 0 fully saturated rings. The predicted molar refractivity (Wildman–Crippen MR) is 114 cm³/mol. The summed E-state index contributed by atoms with van der Waals surface area (Å²) in [6.45, 7) is 0.521. The van der Waals surface area contributed by atoms with Gasteiger partial charge in [0.1, 0.15) is 0 Å². The fourth-order valence-corrected chi connectivity index (χ4v) is 5.04. The molecule has 5 rings (SSSR count). The third-order valence-corrected chi connectivity index (χ3v) is 6.96. The van der Waals surface area contributed by atoms with E-state index in [1.54, 1.807) is 23.1 Å². The first-order chi connectivity index (χ1) is 14.8. The Kier molecular flexibility index (Phi) is 4.64. The molecule has 0 saturated heterocycles. The fraction of sp³-hybridized carbons (Fsp3) is 0.217. The number of nitrogens with two attached hydrogens (primary N) is 1. The van der Waals surface area contributed by atoms with E-state index in [-0.39, 0.29) is 16.7 Å². The highest BCUT2D eigenvalue weighted by Crippen LogP contribution is 2.36. The average molecular weight is 437 g/mol. The number of primary sulfonamides is 1. The highest BCUT2D eigenvalue weighted by atomic mass is 32.2. The lowest BCUT2D eigenvalue weighted by molar-refractivity contribution is -0.122. The van der Waals surface area contributed by atoms with Gasteiger partial charge in [-0.25, -0.2) is 18.5 Å². The predicted octanol–water partition coefficient (Wildman–Crippen LogP) is 2.84. The number of aromatic nitrogens is 1. The molecule has 2 aromatic carbocycles. The standard InChI is InChI=1S/C23H20FN3O3S/c24-22-3-1-2-20(26-22)16-5-4-15-10-18(12-17(15)11-16)23(28)27-9-8-14-6-7-19(13-21(14)27)31(25,29)30/h1-7,11,13,18H,8-10,12H2,(H2,25,29,30). The number of rotatable bonds is 3. The molecule has 1 aliphatic heterocycles. The van der Waals surface area contributed by atoms with Crippen LogP contribution in [0.5, 0.6) is 0 Å². The Morgan fingerprint density at radius 1 is 1.03 bits per heavy atom. The van der Waals surface area contributed by atoms with Crippen molar-refractivity contribution < 1.29 is 17.6 Å². The molecule has 1 aliphatic carbocycles. The molecule has 1 atom stereocenters. The maximum Gasteiger partial charge on any atom is 0.238 e. The van der Waals surface area contributed by atoms with E-state index in [4.69, 9.17) is 5.14 Å². The van der Waals surface area contributed by atoms with Crippen LogP contribution in [0.2, 0.25) is 0 Å². The summed E-state index contributed by atoms with van der Waals surface area (Å²) in [6, 6.07) is 15.2. The topological polar surface area (TPSA) is 93.4 Å². The molecule has 0 radical (unpaired) electrons. The number of hydrogen-bond acceptors (Lipinski definition) is 4. The lowest BCUT2D eigenvalue weighted by Gasteiger charge is -2.21. The number of amides is 1. The SMILES string of the molecule is NS(=O)(=O)c1ccc2c(c1)N(C(=O)C1Cc3ccc(-c4cccc(F)n4)cc3C1)CC2. The first-order valence-corrected chi connectivity index (χ1v) is 11.6. The van der Waals surface area contributed by atoms with Crippen LogP contribution in [0.25, 0.3) is 11.3 Å². The number of pyridine rings is 1. The van der Waals surface area contributed by atoms with Gasteiger partial charge in [0.25, 0.3) is 0 Å². The van der Waals surface area contributed by atoms with Gasteiger partial charge in [-0.1, -0.05) is 24.3 Å². The number of sulfonamides is 1. The van der Waals surface area contributed by atoms with Gasteiger partial charge in [-0.3, -0.25) is 4.79 Å². The molecule has 8 heteroatoms. The van der Waals surface area contributed by atoms with Crippen LogP contribution in [0.1, 0.15) is 16.7 Å². The summed E-state index contributed by atoms with van der Waals surface area (Å²) in [5.41, 5.74) is 5.08. The zero-order valence-corrected chi connectivity index (χ0v) is 17.4. The van der Waals surface area contributed by atoms with Crippen molar-refractivity contribution in [2.45, 2.75) is 24.2 Å². The monoisotopic (exact) mass is 437 g/mol. The van der Waals surface area contributed by atoms with Gasteiger partial charge in [0.15, 0.2) is 0 Å². The molecule has 6 nitrogen and oxygen atoms in total. The van der Waals surface area contributed by atoms with Gasteiger partial charge in [0.05, 0.1) is 10.6 Å². The second-order valence-corrected chi connectivity index (χ2v) is 9.57. The second-order valence-electron chi connectivity index (χ2n) is 8.01. The zero-order valence-electron chi connectivity index (χ0n) is 16.6. The smallest absolute Gasteiger partial charge is 0.238 e. The molecule has 3 aromatic rings. The highest BCUT2D eigenvalue weighted by Gasteiger charge is 2.34. The Bertz CT molecular complexity index is 1320. The van der Waals surface area contributed by atoms with Crippen molar-refractivity contribution in [3.05, 3.63) is 77.2 Å². The summed E-state index contributed by atoms with van der Waals surface area (Å²) in [7, 11) is -3.84. The number of anilines is 1. The maximum absolute atomic E-state index is 13.5. The molecular formula is C23H20FN3O3S. The molecule has 0 bridgehead atoms. The Morgan fingerprint density at radius 2 is 1.81 bits per heavy atom. The largest absolute Gasteiger partial charge is 0.312 e. The van der Waals surface area contributed by atoms with Crippen molar-refractivity contribution in [3.8, 4) is 11.3 Å². The fourth-order valence-electron chi connectivity index (χ4n) is 4.51. The number of fused-ring (bicyclic) bond motifs is 2. The number of hydrogen-bond donors (Lipinski definition) is 1. The normalized spacial score (nSPS) is 17.5. The molecule has 31 heavy (non-hydrogen) atoms. The summed E-state index contributed by atoms with van der Waals surface area (Å²) in [5.74, 6) is -0.778. The van der Waals surface area contributed by atoms with E-state index in [1.807, 2.05) is 18.2 Å². The third-order valence-electron chi connectivity index (χ3n) is 6.05. The van der Waals surface area contributed by atoms with Crippen LogP contribution in [-0.4, -0.2) is 25.9 Å². The van der Waals surface area contributed by atoms with Gasteiger partial charge in [-0.05, 0) is 66.3 Å². The summed E-state index contributed by atoms with van der Waals surface area (Å²) >= 11 is 0. The third kappa shape index (κ3) is 3.62. The van der Waals surface area contributed by atoms with Gasteiger partial charge in [-0.2, -0.15) is 4.39 Å². The lowest BCUT2D eigenvalue weighted by Crippen LogP contribution is -2.35. The average Bonchev–Trinajstić information content (AvgIpc) is 3.35. The lowest BCUT2D eigenvalue weighted by atomic mass is 10.0. The molecule has 1 amide bonds. The summed E-state index contributed by atoms with van der Waals surface area (Å²) in [6.07, 6.45) is 1.88. The molecule has 158 valence electrons. The zero-order chi connectivity index (χ0) is 21.8. The van der Waals surface area contributed by atoms with Gasteiger partial charge in [-0.15, -0.1) is 0 Å². The first-order valence-electron chi connectivity index (χ1n) is 10.0. The van der Waals surface area contributed by atoms with Crippen molar-refractivity contribution in [2.75, 3.05) is 11.4 Å². The number of carbonyl (C=O) groups is 1. The van der Waals surface area contributed by atoms with Gasteiger partial charge >= 0.3 is 0 Å². The summed E-state index contributed by atoms with van der Waals surface area (Å²) in [5, 5.41) is 5.26. The molecule has 2 aliphatic rings. The second kappa shape index (κ2) is 7.25. The summed E-state index contributed by atoms with van der Waals surface area (Å²) < 4.78 is 36.9. The molecule has 0 saturated carbocycles. The minimum Gasteiger partial charge on any atom is -0.312 e. The highest BCUT2D eigenvalue weighted by molar-refractivity contribution is 7.89. The van der Waals surface area contributed by atoms with Crippen molar-refractivity contribution in [1.82, 2.24) is 4.98 Å². The Hall–Kier alpha value is -3.10. The quantitative estimate of drug-likeness (QED) is 0.638. The Labute approximate surface area is 179 Å². The van der Waals surface area contributed by atoms with E-state index >= 15 is 0 Å². The molecular weight excluding hydrogens is 417 g/mol. The van der Waals surface area contributed by atoms with Gasteiger partial charge in [0, 0.05) is 23.7 Å². The van der Waals surface area contributed by atoms with Crippen LogP contribution < -0.4 is 10.0 Å². The molecule has 1 aromatic heterocycles. The van der Waals surface area contributed by atoms with Gasteiger partial charge < -0.3 is 4.90 Å². The number of nitrogens with zero attached hydrogens (tertiary/aromatic N) is 2. The molecule has 2 heterocycles. The van der Waals surface area contributed by atoms with Crippen LogP contribution in [0.4, 0.5) is 10.1 Å². The van der Waals surface area contributed by atoms with Crippen LogP contribution >= 0.6 is 0 Å². The van der Waals surface area contributed by atoms with E-state index in [1.165, 1.54) is 18.2 Å². The van der Waals surface area contributed by atoms with E-state index < -0.39 is 16.0 Å². The number of carbonyl (C=O) groups excluding carboxylic acids is 1. The number of halogens is 1. The van der Waals surface area contributed by atoms with Crippen molar-refractivity contribution in [3.63, 3.8) is 0 Å².